The summed E-state index contributed by atoms with van der Waals surface area (Å²) in [4.78, 5) is 3.69. The maximum atomic E-state index is 3.69. The largest absolute Gasteiger partial charge is 0.357 e. The predicted molar refractivity (Wildman–Crippen MR) is 102 cm³/mol. The molecular weight excluding hydrogens is 290 g/mol. The van der Waals surface area contributed by atoms with Crippen LogP contribution in [-0.4, -0.2) is 4.98 Å². The second-order valence-electron chi connectivity index (χ2n) is 6.41. The van der Waals surface area contributed by atoms with Crippen molar-refractivity contribution < 1.29 is 0 Å². The van der Waals surface area contributed by atoms with Gasteiger partial charge in [-0.3, -0.25) is 0 Å². The zero-order valence-corrected chi connectivity index (χ0v) is 14.1. The zero-order valence-electron chi connectivity index (χ0n) is 14.1. The van der Waals surface area contributed by atoms with E-state index in [-0.39, 0.29) is 0 Å². The average Bonchev–Trinajstić information content (AvgIpc) is 3.01. The molecule has 1 unspecified atom stereocenters. The van der Waals surface area contributed by atoms with E-state index < -0.39 is 0 Å². The Bertz CT molecular complexity index is 979. The van der Waals surface area contributed by atoms with Crippen molar-refractivity contribution in [2.75, 3.05) is 0 Å². The first kappa shape index (κ1) is 14.8. The van der Waals surface area contributed by atoms with E-state index in [1.54, 1.807) is 0 Å². The van der Waals surface area contributed by atoms with Crippen LogP contribution in [0.15, 0.2) is 78.9 Å². The summed E-state index contributed by atoms with van der Waals surface area (Å²) in [6.45, 7) is 4.47. The second-order valence-corrected chi connectivity index (χ2v) is 6.41. The fraction of sp³-hybridized carbons (Fsp3) is 0.130. The van der Waals surface area contributed by atoms with Crippen LogP contribution in [0.1, 0.15) is 29.7 Å². The molecule has 1 N–H and O–H groups in total. The normalized spacial score (nSPS) is 12.4. The lowest BCUT2D eigenvalue weighted by Gasteiger charge is -2.15. The molecule has 0 bridgehead atoms. The van der Waals surface area contributed by atoms with Gasteiger partial charge in [0.25, 0.3) is 0 Å². The molecule has 0 amide bonds. The molecule has 118 valence electrons. The predicted octanol–water partition coefficient (Wildman–Crippen LogP) is 6.30. The molecule has 0 aliphatic rings. The lowest BCUT2D eigenvalue weighted by Crippen LogP contribution is -1.99. The molecule has 1 atom stereocenters. The minimum Gasteiger partial charge on any atom is -0.357 e. The first-order chi connectivity index (χ1) is 11.8. The molecule has 0 radical (unpaired) electrons. The number of aryl methyl sites for hydroxylation is 1. The minimum absolute atomic E-state index is 0.313. The lowest BCUT2D eigenvalue weighted by atomic mass is 9.90. The van der Waals surface area contributed by atoms with E-state index in [0.717, 1.165) is 0 Å². The van der Waals surface area contributed by atoms with Gasteiger partial charge in [-0.25, -0.2) is 0 Å². The van der Waals surface area contributed by atoms with Crippen LogP contribution in [0.3, 0.4) is 0 Å². The molecule has 4 aromatic rings. The van der Waals surface area contributed by atoms with E-state index >= 15 is 0 Å². The SMILES string of the molecule is Cc1ccccc1-c1c(C(C)c2ccccc2)[nH]c2ccccc12. The molecule has 0 fully saturated rings. The first-order valence-corrected chi connectivity index (χ1v) is 8.47. The van der Waals surface area contributed by atoms with Crippen LogP contribution in [-0.2, 0) is 0 Å². The van der Waals surface area contributed by atoms with E-state index in [0.29, 0.717) is 5.92 Å². The van der Waals surface area contributed by atoms with Gasteiger partial charge in [-0.1, -0.05) is 79.7 Å². The molecule has 1 heterocycles. The Hall–Kier alpha value is -2.80. The van der Waals surface area contributed by atoms with Gasteiger partial charge in [-0.05, 0) is 29.7 Å². The van der Waals surface area contributed by atoms with E-state index in [4.69, 9.17) is 0 Å². The summed E-state index contributed by atoms with van der Waals surface area (Å²) in [7, 11) is 0. The molecule has 3 aromatic carbocycles. The van der Waals surface area contributed by atoms with Crippen LogP contribution in [0.4, 0.5) is 0 Å². The Balaban J connectivity index is 1.99. The van der Waals surface area contributed by atoms with E-state index in [2.05, 4.69) is 97.7 Å². The van der Waals surface area contributed by atoms with Crippen molar-refractivity contribution in [3.8, 4) is 11.1 Å². The molecule has 24 heavy (non-hydrogen) atoms. The Kier molecular flexibility index (Phi) is 3.70. The van der Waals surface area contributed by atoms with Crippen LogP contribution in [0.2, 0.25) is 0 Å². The molecular formula is C23H21N. The third-order valence-electron chi connectivity index (χ3n) is 4.88. The van der Waals surface area contributed by atoms with Crippen LogP contribution >= 0.6 is 0 Å². The summed E-state index contributed by atoms with van der Waals surface area (Å²) in [5.41, 5.74) is 7.78. The maximum absolute atomic E-state index is 3.69. The molecule has 0 aliphatic carbocycles. The minimum atomic E-state index is 0.313. The Morgan fingerprint density at radius 2 is 1.42 bits per heavy atom. The van der Waals surface area contributed by atoms with Gasteiger partial charge in [0.05, 0.1) is 0 Å². The number of H-pyrrole nitrogens is 1. The number of benzene rings is 3. The fourth-order valence-electron chi connectivity index (χ4n) is 3.54. The smallest absolute Gasteiger partial charge is 0.0462 e. The van der Waals surface area contributed by atoms with Crippen molar-refractivity contribution in [3.05, 3.63) is 95.7 Å². The molecule has 1 aromatic heterocycles. The topological polar surface area (TPSA) is 15.8 Å². The van der Waals surface area contributed by atoms with Gasteiger partial charge < -0.3 is 4.98 Å². The number of rotatable bonds is 3. The number of para-hydroxylation sites is 1. The van der Waals surface area contributed by atoms with E-state index in [9.17, 15) is 0 Å². The molecule has 0 saturated carbocycles. The van der Waals surface area contributed by atoms with Crippen molar-refractivity contribution in [2.24, 2.45) is 0 Å². The quantitative estimate of drug-likeness (QED) is 0.457. The van der Waals surface area contributed by atoms with Gasteiger partial charge in [0.2, 0.25) is 0 Å². The summed E-state index contributed by atoms with van der Waals surface area (Å²) >= 11 is 0. The average molecular weight is 311 g/mol. The molecule has 4 rings (SSSR count). The van der Waals surface area contributed by atoms with Gasteiger partial charge in [-0.2, -0.15) is 0 Å². The molecule has 0 spiro atoms. The third kappa shape index (κ3) is 2.43. The standard InChI is InChI=1S/C23H21N/c1-16-10-6-7-13-19(16)22-20-14-8-9-15-21(20)24-23(22)17(2)18-11-4-3-5-12-18/h3-15,17,24H,1-2H3. The van der Waals surface area contributed by atoms with Crippen molar-refractivity contribution in [3.63, 3.8) is 0 Å². The van der Waals surface area contributed by atoms with Crippen LogP contribution in [0.25, 0.3) is 22.0 Å². The summed E-state index contributed by atoms with van der Waals surface area (Å²) in [6, 6.07) is 28.0. The zero-order chi connectivity index (χ0) is 16.5. The first-order valence-electron chi connectivity index (χ1n) is 8.47. The summed E-state index contributed by atoms with van der Waals surface area (Å²) in [6.07, 6.45) is 0. The number of aromatic amines is 1. The summed E-state index contributed by atoms with van der Waals surface area (Å²) < 4.78 is 0. The number of aromatic nitrogens is 1. The molecule has 0 aliphatic heterocycles. The van der Waals surface area contributed by atoms with Gasteiger partial charge >= 0.3 is 0 Å². The monoisotopic (exact) mass is 311 g/mol. The van der Waals surface area contributed by atoms with Crippen molar-refractivity contribution >= 4 is 10.9 Å². The highest BCUT2D eigenvalue weighted by Gasteiger charge is 2.20. The number of nitrogens with one attached hydrogen (secondary N) is 1. The number of hydrogen-bond donors (Lipinski definition) is 1. The second kappa shape index (κ2) is 6.01. The van der Waals surface area contributed by atoms with Crippen molar-refractivity contribution in [1.82, 2.24) is 4.98 Å². The number of fused-ring (bicyclic) bond motifs is 1. The Morgan fingerprint density at radius 3 is 2.21 bits per heavy atom. The summed E-state index contributed by atoms with van der Waals surface area (Å²) in [5.74, 6) is 0.313. The molecule has 0 saturated heterocycles. The van der Waals surface area contributed by atoms with Crippen LogP contribution in [0, 0.1) is 6.92 Å². The Morgan fingerprint density at radius 1 is 0.750 bits per heavy atom. The highest BCUT2D eigenvalue weighted by atomic mass is 14.7. The van der Waals surface area contributed by atoms with Crippen LogP contribution in [0.5, 0.6) is 0 Å². The maximum Gasteiger partial charge on any atom is 0.0462 e. The third-order valence-corrected chi connectivity index (χ3v) is 4.88. The fourth-order valence-corrected chi connectivity index (χ4v) is 3.54. The van der Waals surface area contributed by atoms with Gasteiger partial charge in [0.1, 0.15) is 0 Å². The van der Waals surface area contributed by atoms with Gasteiger partial charge in [0, 0.05) is 28.1 Å². The van der Waals surface area contributed by atoms with Crippen LogP contribution < -0.4 is 0 Å². The van der Waals surface area contributed by atoms with E-state index in [1.165, 1.54) is 38.9 Å². The molecule has 1 heteroatoms. The Labute approximate surface area is 143 Å². The van der Waals surface area contributed by atoms with Crippen molar-refractivity contribution in [2.45, 2.75) is 19.8 Å². The number of hydrogen-bond acceptors (Lipinski definition) is 0. The van der Waals surface area contributed by atoms with Gasteiger partial charge in [-0.15, -0.1) is 0 Å². The molecule has 1 nitrogen and oxygen atoms in total. The van der Waals surface area contributed by atoms with Crippen molar-refractivity contribution in [1.29, 1.82) is 0 Å². The van der Waals surface area contributed by atoms with E-state index in [1.807, 2.05) is 0 Å². The van der Waals surface area contributed by atoms with Gasteiger partial charge in [0.15, 0.2) is 0 Å². The highest BCUT2D eigenvalue weighted by Crippen LogP contribution is 2.39. The lowest BCUT2D eigenvalue weighted by molar-refractivity contribution is 0.890. The summed E-state index contributed by atoms with van der Waals surface area (Å²) in [5, 5.41) is 1.30. The highest BCUT2D eigenvalue weighted by molar-refractivity contribution is 5.98.